The quantitative estimate of drug-likeness (QED) is 0.720. The Morgan fingerprint density at radius 1 is 1.12 bits per heavy atom. The molecule has 0 radical (unpaired) electrons. The Hall–Kier alpha value is -3.22. The molecule has 0 aliphatic carbocycles. The molecular weight excluding hydrogens is 330 g/mol. The molecule has 26 heavy (non-hydrogen) atoms. The van der Waals surface area contributed by atoms with E-state index < -0.39 is 6.04 Å². The van der Waals surface area contributed by atoms with Crippen molar-refractivity contribution in [1.29, 1.82) is 0 Å². The molecule has 1 aromatic carbocycles. The van der Waals surface area contributed by atoms with E-state index >= 15 is 0 Å². The van der Waals surface area contributed by atoms with Crippen LogP contribution in [0.25, 0.3) is 5.82 Å². The maximum atomic E-state index is 13.0. The first-order valence-electron chi connectivity index (χ1n) is 8.59. The molecule has 3 aromatic rings. The molecule has 7 heteroatoms. The highest BCUT2D eigenvalue weighted by molar-refractivity contribution is 5.80. The van der Waals surface area contributed by atoms with Gasteiger partial charge in [0.25, 0.3) is 5.56 Å². The molecule has 1 amide bonds. The molecule has 1 aliphatic rings. The zero-order valence-corrected chi connectivity index (χ0v) is 14.4. The Labute approximate surface area is 150 Å². The van der Waals surface area contributed by atoms with E-state index in [0.717, 1.165) is 12.0 Å². The van der Waals surface area contributed by atoms with E-state index in [1.54, 1.807) is 41.0 Å². The van der Waals surface area contributed by atoms with Crippen LogP contribution in [0.4, 0.5) is 0 Å². The van der Waals surface area contributed by atoms with Gasteiger partial charge in [0, 0.05) is 31.5 Å². The van der Waals surface area contributed by atoms with Crippen molar-refractivity contribution in [3.8, 4) is 5.82 Å². The Kier molecular flexibility index (Phi) is 4.12. The van der Waals surface area contributed by atoms with Gasteiger partial charge in [-0.25, -0.2) is 9.36 Å². The Bertz CT molecular complexity index is 993. The highest BCUT2D eigenvalue weighted by atomic mass is 16.2. The topological polar surface area (TPSA) is 73.0 Å². The van der Waals surface area contributed by atoms with Gasteiger partial charge in [-0.2, -0.15) is 5.10 Å². The third-order valence-electron chi connectivity index (χ3n) is 4.72. The fourth-order valence-electron chi connectivity index (χ4n) is 3.27. The van der Waals surface area contributed by atoms with Crippen LogP contribution in [-0.2, 0) is 17.8 Å². The summed E-state index contributed by atoms with van der Waals surface area (Å²) in [6.07, 6.45) is 4.20. The molecule has 1 atom stereocenters. The number of nitrogens with zero attached hydrogens (tertiary/aromatic N) is 5. The molecule has 3 heterocycles. The third kappa shape index (κ3) is 2.92. The van der Waals surface area contributed by atoms with Crippen LogP contribution in [0.1, 0.15) is 24.1 Å². The monoisotopic (exact) mass is 349 g/mol. The number of carbonyl (C=O) groups is 1. The summed E-state index contributed by atoms with van der Waals surface area (Å²) in [7, 11) is 0. The van der Waals surface area contributed by atoms with Crippen LogP contribution in [0.15, 0.2) is 59.7 Å². The largest absolute Gasteiger partial charge is 0.336 e. The van der Waals surface area contributed by atoms with E-state index in [2.05, 4.69) is 16.3 Å². The van der Waals surface area contributed by atoms with Gasteiger partial charge in [-0.3, -0.25) is 9.59 Å². The van der Waals surface area contributed by atoms with Crippen LogP contribution >= 0.6 is 0 Å². The van der Waals surface area contributed by atoms with Gasteiger partial charge in [-0.05, 0) is 36.6 Å². The Balaban J connectivity index is 1.60. The molecule has 0 saturated heterocycles. The van der Waals surface area contributed by atoms with E-state index in [1.807, 2.05) is 18.2 Å². The summed E-state index contributed by atoms with van der Waals surface area (Å²) >= 11 is 0. The second-order valence-electron chi connectivity index (χ2n) is 6.38. The lowest BCUT2D eigenvalue weighted by molar-refractivity contribution is -0.135. The fourth-order valence-corrected chi connectivity index (χ4v) is 3.27. The first kappa shape index (κ1) is 16.3. The van der Waals surface area contributed by atoms with Crippen molar-refractivity contribution in [3.05, 3.63) is 76.3 Å². The summed E-state index contributed by atoms with van der Waals surface area (Å²) in [6, 6.07) is 12.3. The standard InChI is InChI=1S/C19H19N5O2/c1-14(19(26)22-12-9-15-5-2-3-6-16(15)13-22)24-18(25)8-7-17(21-24)23-11-4-10-20-23/h2-8,10-11,14H,9,12-13H2,1H3. The summed E-state index contributed by atoms with van der Waals surface area (Å²) in [5.74, 6) is 0.393. The number of hydrogen-bond donors (Lipinski definition) is 0. The van der Waals surface area contributed by atoms with Gasteiger partial charge in [-0.1, -0.05) is 24.3 Å². The minimum Gasteiger partial charge on any atom is -0.336 e. The summed E-state index contributed by atoms with van der Waals surface area (Å²) in [6.45, 7) is 2.92. The number of benzene rings is 1. The summed E-state index contributed by atoms with van der Waals surface area (Å²) in [4.78, 5) is 27.0. The normalized spacial score (nSPS) is 14.7. The van der Waals surface area contributed by atoms with Crippen molar-refractivity contribution in [2.24, 2.45) is 0 Å². The maximum absolute atomic E-state index is 13.0. The second kappa shape index (κ2) is 6.59. The number of carbonyl (C=O) groups excluding carboxylic acids is 1. The molecule has 132 valence electrons. The molecule has 7 nitrogen and oxygen atoms in total. The minimum atomic E-state index is -0.678. The van der Waals surface area contributed by atoms with Crippen molar-refractivity contribution in [3.63, 3.8) is 0 Å². The predicted octanol–water partition coefficient (Wildman–Crippen LogP) is 1.57. The molecule has 1 aliphatic heterocycles. The van der Waals surface area contributed by atoms with Gasteiger partial charge < -0.3 is 4.90 Å². The predicted molar refractivity (Wildman–Crippen MR) is 95.9 cm³/mol. The lowest BCUT2D eigenvalue weighted by Crippen LogP contribution is -2.42. The van der Waals surface area contributed by atoms with Crippen LogP contribution in [0.2, 0.25) is 0 Å². The lowest BCUT2D eigenvalue weighted by Gasteiger charge is -2.31. The first-order valence-corrected chi connectivity index (χ1v) is 8.59. The average Bonchev–Trinajstić information content (AvgIpc) is 3.21. The van der Waals surface area contributed by atoms with Gasteiger partial charge >= 0.3 is 0 Å². The number of hydrogen-bond acceptors (Lipinski definition) is 4. The molecule has 2 aromatic heterocycles. The van der Waals surface area contributed by atoms with Gasteiger partial charge in [0.05, 0.1) is 0 Å². The number of aromatic nitrogens is 4. The van der Waals surface area contributed by atoms with E-state index in [0.29, 0.717) is 18.9 Å². The van der Waals surface area contributed by atoms with Crippen LogP contribution < -0.4 is 5.56 Å². The Morgan fingerprint density at radius 2 is 1.92 bits per heavy atom. The third-order valence-corrected chi connectivity index (χ3v) is 4.72. The lowest BCUT2D eigenvalue weighted by atomic mass is 9.99. The fraction of sp³-hybridized carbons (Fsp3) is 0.263. The van der Waals surface area contributed by atoms with Gasteiger partial charge in [0.15, 0.2) is 5.82 Å². The molecular formula is C19H19N5O2. The second-order valence-corrected chi connectivity index (χ2v) is 6.38. The summed E-state index contributed by atoms with van der Waals surface area (Å²) in [5, 5.41) is 8.45. The molecule has 0 N–H and O–H groups in total. The van der Waals surface area contributed by atoms with Crippen LogP contribution in [0.3, 0.4) is 0 Å². The number of fused-ring (bicyclic) bond motifs is 1. The zero-order chi connectivity index (χ0) is 18.1. The highest BCUT2D eigenvalue weighted by Crippen LogP contribution is 2.20. The van der Waals surface area contributed by atoms with Crippen LogP contribution in [0.5, 0.6) is 0 Å². The Morgan fingerprint density at radius 3 is 2.69 bits per heavy atom. The highest BCUT2D eigenvalue weighted by Gasteiger charge is 2.26. The molecule has 0 spiro atoms. The van der Waals surface area contributed by atoms with E-state index in [9.17, 15) is 9.59 Å². The first-order chi connectivity index (χ1) is 12.6. The van der Waals surface area contributed by atoms with Gasteiger partial charge in [0.2, 0.25) is 5.91 Å². The van der Waals surface area contributed by atoms with Gasteiger partial charge in [0.1, 0.15) is 6.04 Å². The smallest absolute Gasteiger partial charge is 0.267 e. The molecule has 0 bridgehead atoms. The molecule has 1 unspecified atom stereocenters. The number of rotatable bonds is 3. The molecule has 0 fully saturated rings. The van der Waals surface area contributed by atoms with Crippen LogP contribution in [-0.4, -0.2) is 36.9 Å². The van der Waals surface area contributed by atoms with Crippen molar-refractivity contribution in [1.82, 2.24) is 24.5 Å². The van der Waals surface area contributed by atoms with Crippen molar-refractivity contribution >= 4 is 5.91 Å². The summed E-state index contributed by atoms with van der Waals surface area (Å²) < 4.78 is 2.80. The van der Waals surface area contributed by atoms with Gasteiger partial charge in [-0.15, -0.1) is 5.10 Å². The molecule has 4 rings (SSSR count). The van der Waals surface area contributed by atoms with E-state index in [4.69, 9.17) is 0 Å². The van der Waals surface area contributed by atoms with Crippen LogP contribution in [0, 0.1) is 0 Å². The van der Waals surface area contributed by atoms with E-state index in [-0.39, 0.29) is 11.5 Å². The number of amides is 1. The van der Waals surface area contributed by atoms with E-state index in [1.165, 1.54) is 16.3 Å². The summed E-state index contributed by atoms with van der Waals surface area (Å²) in [5.41, 5.74) is 2.13. The van der Waals surface area contributed by atoms with Crippen molar-refractivity contribution in [2.45, 2.75) is 25.9 Å². The molecule has 0 saturated carbocycles. The maximum Gasteiger partial charge on any atom is 0.267 e. The van der Waals surface area contributed by atoms with Crippen molar-refractivity contribution in [2.75, 3.05) is 6.54 Å². The van der Waals surface area contributed by atoms with Crippen molar-refractivity contribution < 1.29 is 4.79 Å². The SMILES string of the molecule is CC(C(=O)N1CCc2ccccc2C1)n1nc(-n2cccn2)ccc1=O. The minimum absolute atomic E-state index is 0.105. The average molecular weight is 349 g/mol. The zero-order valence-electron chi connectivity index (χ0n) is 14.4.